The van der Waals surface area contributed by atoms with Crippen molar-refractivity contribution in [1.82, 2.24) is 0 Å². The number of fused-ring (bicyclic) bond motifs is 1. The normalized spacial score (nSPS) is 13.1. The van der Waals surface area contributed by atoms with Gasteiger partial charge >= 0.3 is 0 Å². The number of ether oxygens (including phenoxy) is 2. The van der Waals surface area contributed by atoms with E-state index >= 15 is 0 Å². The lowest BCUT2D eigenvalue weighted by molar-refractivity contribution is 0.100. The summed E-state index contributed by atoms with van der Waals surface area (Å²) < 4.78 is 10.8. The van der Waals surface area contributed by atoms with Crippen molar-refractivity contribution in [3.63, 3.8) is 0 Å². The number of amides is 2. The number of carbonyl (C=O) groups is 2. The summed E-state index contributed by atoms with van der Waals surface area (Å²) in [5.41, 5.74) is 7.55. The predicted octanol–water partition coefficient (Wildman–Crippen LogP) is 3.39. The number of benzene rings is 1. The molecule has 7 heteroatoms. The van der Waals surface area contributed by atoms with Gasteiger partial charge < -0.3 is 20.5 Å². The molecule has 1 aromatic carbocycles. The topological polar surface area (TPSA) is 90.7 Å². The maximum absolute atomic E-state index is 12.6. The van der Waals surface area contributed by atoms with Crippen molar-refractivity contribution in [2.75, 3.05) is 25.1 Å². The van der Waals surface area contributed by atoms with Crippen LogP contribution in [-0.4, -0.2) is 31.6 Å². The molecule has 3 N–H and O–H groups in total. The molecule has 0 unspecified atom stereocenters. The fraction of sp³-hybridized carbons (Fsp3) is 0.400. The van der Waals surface area contributed by atoms with Gasteiger partial charge in [-0.25, -0.2) is 0 Å². The molecule has 2 aromatic rings. The van der Waals surface area contributed by atoms with Crippen molar-refractivity contribution < 1.29 is 19.1 Å². The number of anilines is 1. The Balaban J connectivity index is 1.68. The van der Waals surface area contributed by atoms with E-state index in [4.69, 9.17) is 15.2 Å². The van der Waals surface area contributed by atoms with Gasteiger partial charge in [0.1, 0.15) is 17.4 Å². The summed E-state index contributed by atoms with van der Waals surface area (Å²) in [6.45, 7) is 3.57. The Hall–Kier alpha value is -2.38. The minimum absolute atomic E-state index is 0.267. The summed E-state index contributed by atoms with van der Waals surface area (Å²) in [6, 6.07) is 6.89. The van der Waals surface area contributed by atoms with Crippen molar-refractivity contribution in [1.29, 1.82) is 0 Å². The Morgan fingerprint density at radius 3 is 2.59 bits per heavy atom. The number of rotatable bonds is 8. The third-order valence-electron chi connectivity index (χ3n) is 4.46. The smallest absolute Gasteiger partial charge is 0.256 e. The van der Waals surface area contributed by atoms with E-state index in [9.17, 15) is 9.59 Å². The summed E-state index contributed by atoms with van der Waals surface area (Å²) in [7, 11) is 0. The summed E-state index contributed by atoms with van der Waals surface area (Å²) >= 11 is 1.46. The van der Waals surface area contributed by atoms with Gasteiger partial charge in [0.2, 0.25) is 0 Å². The molecule has 0 bridgehead atoms. The molecule has 0 spiro atoms. The van der Waals surface area contributed by atoms with E-state index in [1.807, 2.05) is 6.92 Å². The molecular formula is C20H24N2O4S. The number of nitrogens with two attached hydrogens (primary N) is 1. The highest BCUT2D eigenvalue weighted by Crippen LogP contribution is 2.38. The molecular weight excluding hydrogens is 364 g/mol. The molecule has 0 aliphatic heterocycles. The van der Waals surface area contributed by atoms with Gasteiger partial charge in [-0.3, -0.25) is 9.59 Å². The van der Waals surface area contributed by atoms with Gasteiger partial charge in [0.05, 0.1) is 12.2 Å². The number of hydrogen-bond donors (Lipinski definition) is 2. The average molecular weight is 388 g/mol. The number of primary amides is 1. The Bertz CT molecular complexity index is 814. The zero-order valence-corrected chi connectivity index (χ0v) is 16.2. The van der Waals surface area contributed by atoms with E-state index < -0.39 is 5.91 Å². The zero-order valence-electron chi connectivity index (χ0n) is 15.4. The van der Waals surface area contributed by atoms with Crippen molar-refractivity contribution >= 4 is 28.2 Å². The van der Waals surface area contributed by atoms with E-state index in [0.29, 0.717) is 41.7 Å². The Kier molecular flexibility index (Phi) is 6.47. The van der Waals surface area contributed by atoms with Gasteiger partial charge in [-0.05, 0) is 62.4 Å². The molecule has 1 aliphatic carbocycles. The standard InChI is InChI=1S/C20H24N2O4S/c1-2-25-11-12-26-14-9-7-13(8-10-14)19(24)22-20-17(18(21)23)15-5-3-4-6-16(15)27-20/h7-10H,2-6,11-12H2,1H3,(H2,21,23)(H,22,24). The van der Waals surface area contributed by atoms with E-state index in [1.165, 1.54) is 11.3 Å². The molecule has 0 radical (unpaired) electrons. The van der Waals surface area contributed by atoms with E-state index in [1.54, 1.807) is 24.3 Å². The highest BCUT2D eigenvalue weighted by molar-refractivity contribution is 7.17. The first-order valence-electron chi connectivity index (χ1n) is 9.16. The van der Waals surface area contributed by atoms with Crippen LogP contribution in [0.4, 0.5) is 5.00 Å². The lowest BCUT2D eigenvalue weighted by Gasteiger charge is -2.11. The van der Waals surface area contributed by atoms with Crippen LogP contribution in [0.2, 0.25) is 0 Å². The monoisotopic (exact) mass is 388 g/mol. The molecule has 1 aromatic heterocycles. The number of aryl methyl sites for hydroxylation is 1. The Morgan fingerprint density at radius 2 is 1.89 bits per heavy atom. The van der Waals surface area contributed by atoms with Crippen molar-refractivity contribution in [3.8, 4) is 5.75 Å². The molecule has 27 heavy (non-hydrogen) atoms. The molecule has 0 fully saturated rings. The number of carbonyl (C=O) groups excluding carboxylic acids is 2. The Morgan fingerprint density at radius 1 is 1.15 bits per heavy atom. The Labute approximate surface area is 162 Å². The largest absolute Gasteiger partial charge is 0.491 e. The minimum atomic E-state index is -0.484. The number of hydrogen-bond acceptors (Lipinski definition) is 5. The highest BCUT2D eigenvalue weighted by atomic mass is 32.1. The molecule has 1 aliphatic rings. The first-order chi connectivity index (χ1) is 13.1. The molecule has 0 atom stereocenters. The first kappa shape index (κ1) is 19.4. The molecule has 1 heterocycles. The van der Waals surface area contributed by atoms with Gasteiger partial charge in [-0.15, -0.1) is 11.3 Å². The van der Waals surface area contributed by atoms with Crippen LogP contribution >= 0.6 is 11.3 Å². The van der Waals surface area contributed by atoms with Crippen LogP contribution in [0.15, 0.2) is 24.3 Å². The average Bonchev–Trinajstić information content (AvgIpc) is 3.03. The second-order valence-electron chi connectivity index (χ2n) is 6.30. The van der Waals surface area contributed by atoms with Gasteiger partial charge in [-0.2, -0.15) is 0 Å². The first-order valence-corrected chi connectivity index (χ1v) is 9.98. The summed E-state index contributed by atoms with van der Waals surface area (Å²) in [5, 5.41) is 3.41. The van der Waals surface area contributed by atoms with Crippen LogP contribution < -0.4 is 15.8 Å². The molecule has 3 rings (SSSR count). The molecule has 0 saturated carbocycles. The lowest BCUT2D eigenvalue weighted by Crippen LogP contribution is -2.18. The summed E-state index contributed by atoms with van der Waals surface area (Å²) in [5.74, 6) is -0.0737. The SMILES string of the molecule is CCOCCOc1ccc(C(=O)Nc2sc3c(c2C(N)=O)CCCC3)cc1. The predicted molar refractivity (Wildman–Crippen MR) is 106 cm³/mol. The second-order valence-corrected chi connectivity index (χ2v) is 7.41. The van der Waals surface area contributed by atoms with Crippen LogP contribution in [0.5, 0.6) is 5.75 Å². The maximum Gasteiger partial charge on any atom is 0.256 e. The quantitative estimate of drug-likeness (QED) is 0.678. The second kappa shape index (κ2) is 9.01. The van der Waals surface area contributed by atoms with Gasteiger partial charge in [0.15, 0.2) is 0 Å². The van der Waals surface area contributed by atoms with Crippen LogP contribution in [0, 0.1) is 0 Å². The van der Waals surface area contributed by atoms with Gasteiger partial charge in [0, 0.05) is 17.0 Å². The number of thiophene rings is 1. The summed E-state index contributed by atoms with van der Waals surface area (Å²) in [6.07, 6.45) is 3.92. The number of nitrogens with one attached hydrogen (secondary N) is 1. The fourth-order valence-corrected chi connectivity index (χ4v) is 4.44. The third-order valence-corrected chi connectivity index (χ3v) is 5.67. The molecule has 6 nitrogen and oxygen atoms in total. The molecule has 0 saturated heterocycles. The molecule has 2 amide bonds. The van der Waals surface area contributed by atoms with E-state index in [-0.39, 0.29) is 5.91 Å². The third kappa shape index (κ3) is 4.67. The van der Waals surface area contributed by atoms with Crippen molar-refractivity contribution in [3.05, 3.63) is 45.8 Å². The fourth-order valence-electron chi connectivity index (χ4n) is 3.16. The van der Waals surface area contributed by atoms with Crippen LogP contribution in [0.25, 0.3) is 0 Å². The minimum Gasteiger partial charge on any atom is -0.491 e. The van der Waals surface area contributed by atoms with Gasteiger partial charge in [0.25, 0.3) is 11.8 Å². The van der Waals surface area contributed by atoms with Crippen LogP contribution in [-0.2, 0) is 17.6 Å². The van der Waals surface area contributed by atoms with Crippen LogP contribution in [0.1, 0.15) is 50.9 Å². The van der Waals surface area contributed by atoms with Gasteiger partial charge in [-0.1, -0.05) is 0 Å². The summed E-state index contributed by atoms with van der Waals surface area (Å²) in [4.78, 5) is 25.7. The van der Waals surface area contributed by atoms with Crippen LogP contribution in [0.3, 0.4) is 0 Å². The van der Waals surface area contributed by atoms with Crippen molar-refractivity contribution in [2.45, 2.75) is 32.6 Å². The lowest BCUT2D eigenvalue weighted by atomic mass is 9.95. The maximum atomic E-state index is 12.6. The molecule has 144 valence electrons. The van der Waals surface area contributed by atoms with E-state index in [0.717, 1.165) is 36.1 Å². The van der Waals surface area contributed by atoms with Crippen molar-refractivity contribution in [2.24, 2.45) is 5.73 Å². The zero-order chi connectivity index (χ0) is 19.2. The highest BCUT2D eigenvalue weighted by Gasteiger charge is 2.25. The van der Waals surface area contributed by atoms with E-state index in [2.05, 4.69) is 5.32 Å².